The number of nitrogens with zero attached hydrogens (tertiary/aromatic N) is 2. The average molecular weight is 472 g/mol. The molecule has 0 saturated carbocycles. The fraction of sp³-hybridized carbons (Fsp3) is 0.185. The Labute approximate surface area is 202 Å². The number of methoxy groups -OCH3 is 1. The molecule has 1 aromatic heterocycles. The van der Waals surface area contributed by atoms with Crippen LogP contribution in [0.5, 0.6) is 5.75 Å². The topological polar surface area (TPSA) is 106 Å². The minimum atomic E-state index is -0.877. The molecule has 2 heterocycles. The molecule has 8 heteroatoms. The molecule has 0 radical (unpaired) electrons. The van der Waals surface area contributed by atoms with Gasteiger partial charge in [0.25, 0.3) is 11.7 Å². The van der Waals surface area contributed by atoms with Crippen LogP contribution in [0.3, 0.4) is 0 Å². The molecular weight excluding hydrogens is 448 g/mol. The number of aliphatic hydroxyl groups is 1. The molecule has 1 aliphatic heterocycles. The van der Waals surface area contributed by atoms with Crippen molar-refractivity contribution in [3.8, 4) is 5.75 Å². The predicted octanol–water partition coefficient (Wildman–Crippen LogP) is 3.89. The number of carbonyl (C=O) groups is 3. The van der Waals surface area contributed by atoms with Gasteiger partial charge >= 0.3 is 5.97 Å². The lowest BCUT2D eigenvalue weighted by molar-refractivity contribution is -0.140. The molecule has 35 heavy (non-hydrogen) atoms. The second kappa shape index (κ2) is 10.2. The number of benzene rings is 2. The molecule has 1 aliphatic rings. The van der Waals surface area contributed by atoms with E-state index in [2.05, 4.69) is 4.98 Å². The summed E-state index contributed by atoms with van der Waals surface area (Å²) in [5.74, 6) is -1.82. The van der Waals surface area contributed by atoms with Crippen molar-refractivity contribution in [2.24, 2.45) is 0 Å². The quantitative estimate of drug-likeness (QED) is 0.241. The van der Waals surface area contributed by atoms with Crippen LogP contribution in [0.1, 0.15) is 40.0 Å². The van der Waals surface area contributed by atoms with Crippen molar-refractivity contribution in [3.63, 3.8) is 0 Å². The normalized spacial score (nSPS) is 16.9. The highest BCUT2D eigenvalue weighted by molar-refractivity contribution is 6.46. The van der Waals surface area contributed by atoms with Gasteiger partial charge in [-0.2, -0.15) is 0 Å². The van der Waals surface area contributed by atoms with Gasteiger partial charge in [-0.25, -0.2) is 4.79 Å². The number of esters is 1. The molecule has 0 spiro atoms. The lowest BCUT2D eigenvalue weighted by atomic mass is 9.94. The highest BCUT2D eigenvalue weighted by atomic mass is 16.5. The summed E-state index contributed by atoms with van der Waals surface area (Å²) < 4.78 is 10.3. The summed E-state index contributed by atoms with van der Waals surface area (Å²) in [4.78, 5) is 43.7. The zero-order valence-corrected chi connectivity index (χ0v) is 19.3. The van der Waals surface area contributed by atoms with Crippen molar-refractivity contribution in [3.05, 3.63) is 101 Å². The van der Waals surface area contributed by atoms with E-state index < -0.39 is 23.7 Å². The molecule has 1 fully saturated rings. The van der Waals surface area contributed by atoms with Gasteiger partial charge in [-0.15, -0.1) is 0 Å². The fourth-order valence-corrected chi connectivity index (χ4v) is 4.05. The number of Topliss-reactive ketones (excluding diaryl/α,β-unsaturated/α-hetero) is 1. The number of ether oxygens (including phenoxy) is 2. The van der Waals surface area contributed by atoms with Gasteiger partial charge in [-0.1, -0.05) is 30.3 Å². The molecule has 178 valence electrons. The SMILES string of the molecule is CCOc1cccc(C(O)=C2C(=O)C(=O)N(Cc3cccnc3)C2c2ccc(C(=O)OC)cc2)c1. The standard InChI is InChI=1S/C27H24N2O6/c1-3-35-21-8-4-7-20(14-21)24(30)22-23(18-9-11-19(12-10-18)27(33)34-2)29(26(32)25(22)31)16-17-6-5-13-28-15-17/h4-15,23,30H,3,16H2,1-2H3. The number of aromatic nitrogens is 1. The van der Waals surface area contributed by atoms with Crippen molar-refractivity contribution in [2.45, 2.75) is 19.5 Å². The van der Waals surface area contributed by atoms with Gasteiger partial charge in [0, 0.05) is 24.5 Å². The fourth-order valence-electron chi connectivity index (χ4n) is 4.05. The molecule has 1 unspecified atom stereocenters. The molecule has 2 aromatic carbocycles. The number of rotatable bonds is 7. The molecule has 1 atom stereocenters. The summed E-state index contributed by atoms with van der Waals surface area (Å²) in [6, 6.07) is 15.8. The van der Waals surface area contributed by atoms with Gasteiger partial charge in [0.15, 0.2) is 0 Å². The maximum absolute atomic E-state index is 13.2. The molecular formula is C27H24N2O6. The summed E-state index contributed by atoms with van der Waals surface area (Å²) in [6.45, 7) is 2.39. The van der Waals surface area contributed by atoms with Crippen LogP contribution < -0.4 is 4.74 Å². The zero-order valence-electron chi connectivity index (χ0n) is 19.3. The van der Waals surface area contributed by atoms with E-state index in [0.717, 1.165) is 5.56 Å². The first-order valence-corrected chi connectivity index (χ1v) is 11.0. The lowest BCUT2D eigenvalue weighted by Crippen LogP contribution is -2.29. The molecule has 8 nitrogen and oxygen atoms in total. The van der Waals surface area contributed by atoms with Crippen molar-refractivity contribution >= 4 is 23.4 Å². The Morgan fingerprint density at radius 2 is 1.83 bits per heavy atom. The Balaban J connectivity index is 1.84. The smallest absolute Gasteiger partial charge is 0.337 e. The number of pyridine rings is 1. The van der Waals surface area contributed by atoms with Crippen LogP contribution >= 0.6 is 0 Å². The van der Waals surface area contributed by atoms with Gasteiger partial charge in [0.2, 0.25) is 0 Å². The number of aliphatic hydroxyl groups excluding tert-OH is 1. The monoisotopic (exact) mass is 472 g/mol. The molecule has 4 rings (SSSR count). The first-order chi connectivity index (χ1) is 16.9. The molecule has 3 aromatic rings. The maximum atomic E-state index is 13.2. The summed E-state index contributed by atoms with van der Waals surface area (Å²) >= 11 is 0. The van der Waals surface area contributed by atoms with E-state index in [4.69, 9.17) is 9.47 Å². The number of hydrogen-bond donors (Lipinski definition) is 1. The number of hydrogen-bond acceptors (Lipinski definition) is 7. The molecule has 1 amide bonds. The molecule has 0 bridgehead atoms. The van der Waals surface area contributed by atoms with E-state index in [-0.39, 0.29) is 17.9 Å². The molecule has 1 saturated heterocycles. The van der Waals surface area contributed by atoms with Crippen LogP contribution in [0.25, 0.3) is 5.76 Å². The van der Waals surface area contributed by atoms with Crippen LogP contribution in [-0.4, -0.2) is 46.4 Å². The summed E-state index contributed by atoms with van der Waals surface area (Å²) in [5, 5.41) is 11.2. The largest absolute Gasteiger partial charge is 0.507 e. The van der Waals surface area contributed by atoms with Crippen LogP contribution in [0.2, 0.25) is 0 Å². The Kier molecular flexibility index (Phi) is 6.91. The van der Waals surface area contributed by atoms with Crippen molar-refractivity contribution in [2.75, 3.05) is 13.7 Å². The number of amides is 1. The summed E-state index contributed by atoms with van der Waals surface area (Å²) in [6.07, 6.45) is 3.23. The van der Waals surface area contributed by atoms with Gasteiger partial charge in [0.1, 0.15) is 11.5 Å². The van der Waals surface area contributed by atoms with E-state index in [9.17, 15) is 19.5 Å². The maximum Gasteiger partial charge on any atom is 0.337 e. The zero-order chi connectivity index (χ0) is 24.9. The number of ketones is 1. The number of likely N-dealkylation sites (tertiary alicyclic amines) is 1. The highest BCUT2D eigenvalue weighted by Crippen LogP contribution is 2.40. The Morgan fingerprint density at radius 1 is 1.06 bits per heavy atom. The molecule has 1 N–H and O–H groups in total. The van der Waals surface area contributed by atoms with Crippen LogP contribution in [0.4, 0.5) is 0 Å². The van der Waals surface area contributed by atoms with E-state index >= 15 is 0 Å². The van der Waals surface area contributed by atoms with E-state index in [1.807, 2.05) is 6.92 Å². The van der Waals surface area contributed by atoms with Gasteiger partial charge < -0.3 is 19.5 Å². The van der Waals surface area contributed by atoms with Crippen molar-refractivity contribution in [1.29, 1.82) is 0 Å². The van der Waals surface area contributed by atoms with Gasteiger partial charge in [-0.05, 0) is 48.4 Å². The van der Waals surface area contributed by atoms with E-state index in [0.29, 0.717) is 29.0 Å². The molecule has 0 aliphatic carbocycles. The third-order valence-corrected chi connectivity index (χ3v) is 5.68. The van der Waals surface area contributed by atoms with E-state index in [1.54, 1.807) is 73.1 Å². The minimum absolute atomic E-state index is 0.0432. The predicted molar refractivity (Wildman–Crippen MR) is 127 cm³/mol. The second-order valence-electron chi connectivity index (χ2n) is 7.86. The Morgan fingerprint density at radius 3 is 2.49 bits per heavy atom. The number of carbonyl (C=O) groups excluding carboxylic acids is 3. The van der Waals surface area contributed by atoms with Crippen LogP contribution in [-0.2, 0) is 20.9 Å². The first kappa shape index (κ1) is 23.7. The first-order valence-electron chi connectivity index (χ1n) is 11.0. The Hall–Kier alpha value is -4.46. The minimum Gasteiger partial charge on any atom is -0.507 e. The third kappa shape index (κ3) is 4.77. The third-order valence-electron chi connectivity index (χ3n) is 5.68. The highest BCUT2D eigenvalue weighted by Gasteiger charge is 2.46. The van der Waals surface area contributed by atoms with E-state index in [1.165, 1.54) is 12.0 Å². The van der Waals surface area contributed by atoms with Crippen molar-refractivity contribution in [1.82, 2.24) is 9.88 Å². The summed E-state index contributed by atoms with van der Waals surface area (Å²) in [7, 11) is 1.29. The average Bonchev–Trinajstić information content (AvgIpc) is 3.13. The van der Waals surface area contributed by atoms with Crippen molar-refractivity contribution < 1.29 is 29.0 Å². The lowest BCUT2D eigenvalue weighted by Gasteiger charge is -2.25. The summed E-state index contributed by atoms with van der Waals surface area (Å²) in [5.41, 5.74) is 1.92. The second-order valence-corrected chi connectivity index (χ2v) is 7.86. The Bertz CT molecular complexity index is 1280. The van der Waals surface area contributed by atoms with Gasteiger partial charge in [-0.3, -0.25) is 14.6 Å². The van der Waals surface area contributed by atoms with Crippen LogP contribution in [0, 0.1) is 0 Å². The van der Waals surface area contributed by atoms with Crippen LogP contribution in [0.15, 0.2) is 78.6 Å². The van der Waals surface area contributed by atoms with Gasteiger partial charge in [0.05, 0.1) is 30.9 Å².